The third kappa shape index (κ3) is 9.63. The van der Waals surface area contributed by atoms with Crippen LogP contribution in [0.2, 0.25) is 0 Å². The summed E-state index contributed by atoms with van der Waals surface area (Å²) in [6, 6.07) is 13.3. The number of amides is 2. The highest BCUT2D eigenvalue weighted by molar-refractivity contribution is 7.80. The fraction of sp³-hybridized carbons (Fsp3) is 0.448. The van der Waals surface area contributed by atoms with Crippen molar-refractivity contribution in [2.75, 3.05) is 13.1 Å². The first-order chi connectivity index (χ1) is 18.5. The third-order valence-electron chi connectivity index (χ3n) is 6.11. The van der Waals surface area contributed by atoms with E-state index in [-0.39, 0.29) is 24.0 Å². The molecule has 0 fully saturated rings. The fourth-order valence-corrected chi connectivity index (χ4v) is 4.45. The molecule has 0 saturated carbocycles. The molecule has 1 unspecified atom stereocenters. The van der Waals surface area contributed by atoms with Gasteiger partial charge in [0, 0.05) is 13.1 Å². The number of hydrogen-bond donors (Lipinski definition) is 4. The number of unbranched alkanes of at least 4 members (excludes halogenated alkanes) is 2. The zero-order chi connectivity index (χ0) is 28.4. The molecule has 9 nitrogen and oxygen atoms in total. The van der Waals surface area contributed by atoms with Crippen molar-refractivity contribution in [2.24, 2.45) is 5.73 Å². The Bertz CT molecular complexity index is 1190. The lowest BCUT2D eigenvalue weighted by atomic mass is 10.0. The highest BCUT2D eigenvalue weighted by atomic mass is 32.1. The molecule has 0 spiro atoms. The Morgan fingerprint density at radius 1 is 0.974 bits per heavy atom. The van der Waals surface area contributed by atoms with Gasteiger partial charge in [-0.15, -0.1) is 0 Å². The molecule has 10 heteroatoms. The summed E-state index contributed by atoms with van der Waals surface area (Å²) in [4.78, 5) is 36.3. The molecule has 1 aliphatic carbocycles. The van der Waals surface area contributed by atoms with E-state index in [9.17, 15) is 14.4 Å². The molecular formula is C29H38N4O5S. The number of alkyl carbamates (subject to hydrolysis) is 1. The summed E-state index contributed by atoms with van der Waals surface area (Å²) in [7, 11) is 0. The molecule has 3 rings (SSSR count). The van der Waals surface area contributed by atoms with E-state index in [0.717, 1.165) is 31.2 Å². The van der Waals surface area contributed by atoms with Gasteiger partial charge in [-0.1, -0.05) is 42.5 Å². The molecule has 210 valence electrons. The Kier molecular flexibility index (Phi) is 10.8. The number of nitrogens with two attached hydrogens (primary N) is 1. The van der Waals surface area contributed by atoms with Crippen LogP contribution in [0, 0.1) is 0 Å². The van der Waals surface area contributed by atoms with Gasteiger partial charge in [0.15, 0.2) is 5.11 Å². The number of rotatable bonds is 11. The predicted octanol–water partition coefficient (Wildman–Crippen LogP) is 3.70. The first-order valence-corrected chi connectivity index (χ1v) is 13.6. The van der Waals surface area contributed by atoms with E-state index in [1.54, 1.807) is 20.8 Å². The number of ether oxygens (including phenoxy) is 2. The Labute approximate surface area is 235 Å². The van der Waals surface area contributed by atoms with Gasteiger partial charge in [0.05, 0.1) is 12.5 Å². The number of nitrogens with one attached hydrogen (secondary N) is 3. The molecule has 2 aromatic rings. The van der Waals surface area contributed by atoms with Gasteiger partial charge < -0.3 is 25.8 Å². The molecule has 1 aliphatic rings. The normalized spacial score (nSPS) is 12.5. The van der Waals surface area contributed by atoms with Crippen molar-refractivity contribution in [3.05, 3.63) is 59.2 Å². The number of carbonyl (C=O) groups is 3. The number of thiocarbonyl (C=S) groups is 1. The van der Waals surface area contributed by atoms with Gasteiger partial charge in [-0.3, -0.25) is 14.9 Å². The van der Waals surface area contributed by atoms with Crippen LogP contribution in [0.3, 0.4) is 0 Å². The molecule has 1 atom stereocenters. The second-order valence-electron chi connectivity index (χ2n) is 10.5. The summed E-state index contributed by atoms with van der Waals surface area (Å²) in [5.41, 5.74) is 11.1. The number of esters is 1. The largest absolute Gasteiger partial charge is 0.461 e. The molecule has 39 heavy (non-hydrogen) atoms. The van der Waals surface area contributed by atoms with Crippen molar-refractivity contribution in [3.8, 4) is 11.1 Å². The maximum Gasteiger partial charge on any atom is 0.413 e. The quantitative estimate of drug-likeness (QED) is 0.160. The van der Waals surface area contributed by atoms with Crippen LogP contribution in [0.15, 0.2) is 42.5 Å². The van der Waals surface area contributed by atoms with E-state index in [4.69, 9.17) is 27.4 Å². The molecule has 0 bridgehead atoms. The van der Waals surface area contributed by atoms with Crippen LogP contribution in [0.25, 0.3) is 11.1 Å². The van der Waals surface area contributed by atoms with E-state index in [2.05, 4.69) is 34.1 Å². The summed E-state index contributed by atoms with van der Waals surface area (Å²) < 4.78 is 10.6. The molecule has 0 aliphatic heterocycles. The molecule has 0 radical (unpaired) electrons. The maximum atomic E-state index is 12.4. The van der Waals surface area contributed by atoms with E-state index in [1.807, 2.05) is 24.3 Å². The van der Waals surface area contributed by atoms with E-state index in [0.29, 0.717) is 13.1 Å². The van der Waals surface area contributed by atoms with Gasteiger partial charge in [-0.25, -0.2) is 4.79 Å². The van der Waals surface area contributed by atoms with Crippen LogP contribution in [0.4, 0.5) is 4.79 Å². The summed E-state index contributed by atoms with van der Waals surface area (Å²) >= 11 is 5.07. The lowest BCUT2D eigenvalue weighted by Crippen LogP contribution is -2.42. The van der Waals surface area contributed by atoms with Crippen molar-refractivity contribution in [2.45, 2.75) is 71.1 Å². The van der Waals surface area contributed by atoms with Crippen molar-refractivity contribution in [3.63, 3.8) is 0 Å². The number of fused-ring (bicyclic) bond motifs is 3. The summed E-state index contributed by atoms with van der Waals surface area (Å²) in [5.74, 6) is -0.892. The zero-order valence-corrected chi connectivity index (χ0v) is 23.6. The monoisotopic (exact) mass is 554 g/mol. The number of benzene rings is 2. The van der Waals surface area contributed by atoms with E-state index >= 15 is 0 Å². The Balaban J connectivity index is 1.27. The third-order valence-corrected chi connectivity index (χ3v) is 6.36. The van der Waals surface area contributed by atoms with Crippen molar-refractivity contribution < 1.29 is 23.9 Å². The Hall–Kier alpha value is -3.50. The highest BCUT2D eigenvalue weighted by Gasteiger charge is 2.22. The molecular weight excluding hydrogens is 516 g/mol. The molecule has 0 aromatic heterocycles. The Morgan fingerprint density at radius 2 is 1.67 bits per heavy atom. The van der Waals surface area contributed by atoms with Crippen LogP contribution in [0.5, 0.6) is 0 Å². The van der Waals surface area contributed by atoms with Gasteiger partial charge >= 0.3 is 12.1 Å². The molecule has 0 saturated heterocycles. The summed E-state index contributed by atoms with van der Waals surface area (Å²) in [6.45, 7) is 6.49. The standard InChI is InChI=1S/C29H38N4O5S/c1-29(2,3)38-28(36)33-27(39)32-15-8-4-7-14-31-26(35)24(30)17-25(34)37-18-20-11-9-13-22-21-12-6-5-10-19(21)16-23(20)22/h5-6,9-13,24H,4,7-8,14-18,30H2,1-3H3,(H,31,35)(H2,32,33,36,39). The minimum Gasteiger partial charge on any atom is -0.461 e. The lowest BCUT2D eigenvalue weighted by Gasteiger charge is -2.20. The predicted molar refractivity (Wildman–Crippen MR) is 154 cm³/mol. The van der Waals surface area contributed by atoms with Gasteiger partial charge in [0.2, 0.25) is 5.91 Å². The van der Waals surface area contributed by atoms with E-state index in [1.165, 1.54) is 22.3 Å². The Morgan fingerprint density at radius 3 is 2.41 bits per heavy atom. The molecule has 5 N–H and O–H groups in total. The second-order valence-corrected chi connectivity index (χ2v) is 10.9. The zero-order valence-electron chi connectivity index (χ0n) is 22.8. The number of carbonyl (C=O) groups excluding carboxylic acids is 3. The average molecular weight is 555 g/mol. The van der Waals surface area contributed by atoms with E-state index < -0.39 is 23.7 Å². The smallest absolute Gasteiger partial charge is 0.413 e. The first kappa shape index (κ1) is 30.0. The van der Waals surface area contributed by atoms with Gasteiger partial charge in [-0.05, 0) is 86.5 Å². The highest BCUT2D eigenvalue weighted by Crippen LogP contribution is 2.38. The average Bonchev–Trinajstić information content (AvgIpc) is 3.25. The minimum atomic E-state index is -0.971. The lowest BCUT2D eigenvalue weighted by molar-refractivity contribution is -0.146. The fourth-order valence-electron chi connectivity index (χ4n) is 4.26. The topological polar surface area (TPSA) is 132 Å². The first-order valence-electron chi connectivity index (χ1n) is 13.2. The second kappa shape index (κ2) is 14.0. The minimum absolute atomic E-state index is 0.148. The number of hydrogen-bond acceptors (Lipinski definition) is 7. The van der Waals surface area contributed by atoms with Crippen LogP contribution < -0.4 is 21.7 Å². The molecule has 0 heterocycles. The SMILES string of the molecule is CC(C)(C)OC(=O)NC(=S)NCCCCCNC(=O)C(N)CC(=O)OCc1cccc2c1Cc1ccccc1-2. The van der Waals surface area contributed by atoms with Crippen LogP contribution >= 0.6 is 12.2 Å². The van der Waals surface area contributed by atoms with Gasteiger partial charge in [-0.2, -0.15) is 0 Å². The van der Waals surface area contributed by atoms with Crippen LogP contribution in [-0.4, -0.2) is 47.8 Å². The molecule has 2 aromatic carbocycles. The van der Waals surface area contributed by atoms with Crippen molar-refractivity contribution >= 4 is 35.3 Å². The summed E-state index contributed by atoms with van der Waals surface area (Å²) in [6.07, 6.45) is 2.37. The van der Waals surface area contributed by atoms with Crippen molar-refractivity contribution in [1.82, 2.24) is 16.0 Å². The molecule has 2 amide bonds. The van der Waals surface area contributed by atoms with Crippen LogP contribution in [0.1, 0.15) is 63.1 Å². The maximum absolute atomic E-state index is 12.4. The van der Waals surface area contributed by atoms with Gasteiger partial charge in [0.1, 0.15) is 12.2 Å². The summed E-state index contributed by atoms with van der Waals surface area (Å²) in [5, 5.41) is 8.37. The van der Waals surface area contributed by atoms with Crippen molar-refractivity contribution in [1.29, 1.82) is 0 Å². The van der Waals surface area contributed by atoms with Crippen LogP contribution in [-0.2, 0) is 32.1 Å². The van der Waals surface area contributed by atoms with Gasteiger partial charge in [0.25, 0.3) is 0 Å².